The number of amides is 2. The number of carbonyl (C=O) groups excluding carboxylic acids is 1. The molecular weight excluding hydrogens is 280 g/mol. The molecule has 8 nitrogen and oxygen atoms in total. The number of hydrogen-bond donors (Lipinski definition) is 3. The lowest BCUT2D eigenvalue weighted by molar-refractivity contribution is -0.140. The van der Waals surface area contributed by atoms with Crippen LogP contribution in [0.3, 0.4) is 0 Å². The van der Waals surface area contributed by atoms with Crippen LogP contribution < -0.4 is 20.1 Å². The molecule has 1 atom stereocenters. The van der Waals surface area contributed by atoms with Gasteiger partial charge in [0.25, 0.3) is 0 Å². The molecule has 0 aliphatic rings. The summed E-state index contributed by atoms with van der Waals surface area (Å²) >= 11 is 0. The molecule has 0 saturated carbocycles. The molecule has 21 heavy (non-hydrogen) atoms. The fraction of sp³-hybridized carbons (Fsp3) is 0.385. The molecule has 0 spiro atoms. The van der Waals surface area contributed by atoms with Crippen molar-refractivity contribution < 1.29 is 28.9 Å². The highest BCUT2D eigenvalue weighted by Crippen LogP contribution is 2.28. The van der Waals surface area contributed by atoms with E-state index in [2.05, 4.69) is 10.6 Å². The molecule has 1 unspecified atom stereocenters. The van der Waals surface area contributed by atoms with E-state index in [-0.39, 0.29) is 6.61 Å². The largest absolute Gasteiger partial charge is 0.497 e. The van der Waals surface area contributed by atoms with Gasteiger partial charge in [-0.15, -0.1) is 0 Å². The lowest BCUT2D eigenvalue weighted by atomic mass is 10.2. The van der Waals surface area contributed by atoms with E-state index in [1.54, 1.807) is 18.2 Å². The molecule has 3 N–H and O–H groups in total. The van der Waals surface area contributed by atoms with Crippen LogP contribution in [0.4, 0.5) is 10.5 Å². The molecule has 116 valence electrons. The molecule has 0 aromatic heterocycles. The molecule has 1 aromatic rings. The van der Waals surface area contributed by atoms with E-state index in [4.69, 9.17) is 19.3 Å². The highest BCUT2D eigenvalue weighted by molar-refractivity contribution is 5.93. The smallest absolute Gasteiger partial charge is 0.328 e. The first kappa shape index (κ1) is 16.6. The van der Waals surface area contributed by atoms with Crippen molar-refractivity contribution in [3.05, 3.63) is 18.2 Å². The fourth-order valence-corrected chi connectivity index (χ4v) is 1.57. The summed E-state index contributed by atoms with van der Waals surface area (Å²) in [6, 6.07) is 3.02. The van der Waals surface area contributed by atoms with Crippen LogP contribution in [0.2, 0.25) is 0 Å². The highest BCUT2D eigenvalue weighted by Gasteiger charge is 2.20. The lowest BCUT2D eigenvalue weighted by Gasteiger charge is -2.16. The van der Waals surface area contributed by atoms with Gasteiger partial charge >= 0.3 is 12.0 Å². The molecular formula is C13H18N2O6. The number of ether oxygens (including phenoxy) is 3. The van der Waals surface area contributed by atoms with Gasteiger partial charge in [0.05, 0.1) is 26.5 Å². The summed E-state index contributed by atoms with van der Waals surface area (Å²) in [4.78, 5) is 22.8. The second kappa shape index (κ2) is 7.95. The summed E-state index contributed by atoms with van der Waals surface area (Å²) < 4.78 is 14.9. The predicted molar refractivity (Wildman–Crippen MR) is 75.0 cm³/mol. The molecule has 0 radical (unpaired) electrons. The molecule has 0 heterocycles. The van der Waals surface area contributed by atoms with Crippen molar-refractivity contribution in [2.24, 2.45) is 0 Å². The number of rotatable bonds is 7. The Balaban J connectivity index is 2.79. The standard InChI is InChI=1S/C13H18N2O6/c1-19-7-10(12(16)17)15-13(18)14-9-6-8(20-2)4-5-11(9)21-3/h4-6,10H,7H2,1-3H3,(H,16,17)(H2,14,15,18). The van der Waals surface area contributed by atoms with Gasteiger partial charge in [-0.2, -0.15) is 0 Å². The van der Waals surface area contributed by atoms with E-state index < -0.39 is 18.0 Å². The Bertz CT molecular complexity index is 505. The van der Waals surface area contributed by atoms with E-state index >= 15 is 0 Å². The van der Waals surface area contributed by atoms with Crippen molar-refractivity contribution in [1.29, 1.82) is 0 Å². The van der Waals surface area contributed by atoms with Gasteiger partial charge in [0, 0.05) is 13.2 Å². The first-order valence-corrected chi connectivity index (χ1v) is 6.03. The monoisotopic (exact) mass is 298 g/mol. The zero-order valence-corrected chi connectivity index (χ0v) is 12.0. The Labute approximate surface area is 122 Å². The van der Waals surface area contributed by atoms with Crippen LogP contribution in [-0.4, -0.2) is 51.1 Å². The topological polar surface area (TPSA) is 106 Å². The van der Waals surface area contributed by atoms with E-state index in [0.717, 1.165) is 0 Å². The van der Waals surface area contributed by atoms with Gasteiger partial charge in [-0.25, -0.2) is 9.59 Å². The van der Waals surface area contributed by atoms with Crippen molar-refractivity contribution in [2.75, 3.05) is 33.3 Å². The third-order valence-corrected chi connectivity index (χ3v) is 2.59. The van der Waals surface area contributed by atoms with Crippen LogP contribution in [-0.2, 0) is 9.53 Å². The number of carbonyl (C=O) groups is 2. The van der Waals surface area contributed by atoms with Gasteiger partial charge in [-0.05, 0) is 12.1 Å². The maximum absolute atomic E-state index is 11.8. The minimum atomic E-state index is -1.19. The Morgan fingerprint density at radius 3 is 2.48 bits per heavy atom. The van der Waals surface area contributed by atoms with E-state index in [1.807, 2.05) is 0 Å². The highest BCUT2D eigenvalue weighted by atomic mass is 16.5. The minimum absolute atomic E-state index is 0.141. The zero-order chi connectivity index (χ0) is 15.8. The van der Waals surface area contributed by atoms with Gasteiger partial charge in [-0.1, -0.05) is 0 Å². The van der Waals surface area contributed by atoms with Crippen LogP contribution in [0.1, 0.15) is 0 Å². The molecule has 2 amide bonds. The van der Waals surface area contributed by atoms with Gasteiger partial charge in [0.2, 0.25) is 0 Å². The molecule has 0 aliphatic carbocycles. The second-order valence-corrected chi connectivity index (χ2v) is 4.01. The van der Waals surface area contributed by atoms with E-state index in [0.29, 0.717) is 17.2 Å². The molecule has 1 aromatic carbocycles. The quantitative estimate of drug-likeness (QED) is 0.691. The maximum atomic E-state index is 11.8. The summed E-state index contributed by atoms with van der Waals surface area (Å²) in [6.45, 7) is -0.141. The first-order chi connectivity index (χ1) is 10.0. The average molecular weight is 298 g/mol. The summed E-state index contributed by atoms with van der Waals surface area (Å²) in [7, 11) is 4.29. The average Bonchev–Trinajstić information content (AvgIpc) is 2.46. The molecule has 0 saturated heterocycles. The Morgan fingerprint density at radius 1 is 1.24 bits per heavy atom. The second-order valence-electron chi connectivity index (χ2n) is 4.01. The number of anilines is 1. The van der Waals surface area contributed by atoms with Gasteiger partial charge in [0.15, 0.2) is 6.04 Å². The summed E-state index contributed by atoms with van der Waals surface area (Å²) in [5, 5.41) is 13.7. The predicted octanol–water partition coefficient (Wildman–Crippen LogP) is 0.925. The summed E-state index contributed by atoms with van der Waals surface area (Å²) in [5.74, 6) is -0.244. The fourth-order valence-electron chi connectivity index (χ4n) is 1.57. The molecule has 0 fully saturated rings. The van der Waals surface area contributed by atoms with E-state index in [9.17, 15) is 9.59 Å². The van der Waals surface area contributed by atoms with Crippen molar-refractivity contribution >= 4 is 17.7 Å². The maximum Gasteiger partial charge on any atom is 0.328 e. The van der Waals surface area contributed by atoms with Crippen LogP contribution in [0.25, 0.3) is 0 Å². The van der Waals surface area contributed by atoms with Crippen LogP contribution in [0, 0.1) is 0 Å². The number of aliphatic carboxylic acids is 1. The number of methoxy groups -OCH3 is 3. The summed E-state index contributed by atoms with van der Waals surface area (Å²) in [6.07, 6.45) is 0. The zero-order valence-electron chi connectivity index (χ0n) is 12.0. The van der Waals surface area contributed by atoms with Crippen molar-refractivity contribution in [1.82, 2.24) is 5.32 Å². The van der Waals surface area contributed by atoms with Crippen molar-refractivity contribution in [3.63, 3.8) is 0 Å². The van der Waals surface area contributed by atoms with E-state index in [1.165, 1.54) is 21.3 Å². The Kier molecular flexibility index (Phi) is 6.28. The lowest BCUT2D eigenvalue weighted by Crippen LogP contribution is -2.45. The number of urea groups is 1. The normalized spacial score (nSPS) is 11.4. The minimum Gasteiger partial charge on any atom is -0.497 e. The number of carboxylic acid groups (broad SMARTS) is 1. The van der Waals surface area contributed by atoms with Crippen LogP contribution in [0.15, 0.2) is 18.2 Å². The SMILES string of the molecule is COCC(NC(=O)Nc1cc(OC)ccc1OC)C(=O)O. The molecule has 8 heteroatoms. The third-order valence-electron chi connectivity index (χ3n) is 2.59. The number of carboxylic acids is 1. The third kappa shape index (κ3) is 4.84. The molecule has 1 rings (SSSR count). The van der Waals surface area contributed by atoms with Gasteiger partial charge in [-0.3, -0.25) is 0 Å². The number of nitrogens with one attached hydrogen (secondary N) is 2. The van der Waals surface area contributed by atoms with Gasteiger partial charge in [0.1, 0.15) is 11.5 Å². The Morgan fingerprint density at radius 2 is 1.95 bits per heavy atom. The molecule has 0 bridgehead atoms. The Hall–Kier alpha value is -2.48. The van der Waals surface area contributed by atoms with Gasteiger partial charge < -0.3 is 30.0 Å². The van der Waals surface area contributed by atoms with Crippen molar-refractivity contribution in [2.45, 2.75) is 6.04 Å². The van der Waals surface area contributed by atoms with Crippen LogP contribution in [0.5, 0.6) is 11.5 Å². The number of hydrogen-bond acceptors (Lipinski definition) is 5. The number of benzene rings is 1. The first-order valence-electron chi connectivity index (χ1n) is 6.03. The summed E-state index contributed by atoms with van der Waals surface area (Å²) in [5.41, 5.74) is 0.357. The molecule has 0 aliphatic heterocycles. The van der Waals surface area contributed by atoms with Crippen molar-refractivity contribution in [3.8, 4) is 11.5 Å². The van der Waals surface area contributed by atoms with Crippen LogP contribution >= 0.6 is 0 Å².